The van der Waals surface area contributed by atoms with Crippen molar-refractivity contribution in [2.75, 3.05) is 20.2 Å². The molecule has 4 rings (SSSR count). The van der Waals surface area contributed by atoms with Gasteiger partial charge in [0.1, 0.15) is 17.1 Å². The lowest BCUT2D eigenvalue weighted by Crippen LogP contribution is -2.63. The van der Waals surface area contributed by atoms with Crippen molar-refractivity contribution in [1.82, 2.24) is 14.4 Å². The first-order valence-electron chi connectivity index (χ1n) is 10.8. The molecule has 0 radical (unpaired) electrons. The highest BCUT2D eigenvalue weighted by Crippen LogP contribution is 2.33. The van der Waals surface area contributed by atoms with Gasteiger partial charge >= 0.3 is 17.9 Å². The normalized spacial score (nSPS) is 17.6. The monoisotopic (exact) mass is 438 g/mol. The van der Waals surface area contributed by atoms with E-state index in [4.69, 9.17) is 9.73 Å². The molecule has 168 valence electrons. The van der Waals surface area contributed by atoms with E-state index >= 15 is 0 Å². The number of benzene rings is 1. The number of carbonyl (C=O) groups excluding carboxylic acids is 3. The topological polar surface area (TPSA) is 88.1 Å². The Kier molecular flexibility index (Phi) is 5.36. The zero-order chi connectivity index (χ0) is 23.3. The zero-order valence-electron chi connectivity index (χ0n) is 19.2. The van der Waals surface area contributed by atoms with Crippen molar-refractivity contribution in [2.45, 2.75) is 40.7 Å². The van der Waals surface area contributed by atoms with Gasteiger partial charge in [0.2, 0.25) is 11.9 Å². The Bertz CT molecular complexity index is 1150. The maximum absolute atomic E-state index is 13.4. The Morgan fingerprint density at radius 2 is 1.84 bits per heavy atom. The summed E-state index contributed by atoms with van der Waals surface area (Å²) in [6.07, 6.45) is 0. The standard InChI is InChI=1S/C23H28N5O4/c1-7-32-21(30)16-8-10-17(11-9-16)27-14(4)15(5)28-18-19(24-22(27)28)25(6)23(31)26(20(18)29)12-13(2)3/h8-11,13,18H,7,12H2,1-6H3/q+1. The van der Waals surface area contributed by atoms with Crippen LogP contribution in [0.4, 0.5) is 10.7 Å². The lowest BCUT2D eigenvalue weighted by atomic mass is 10.1. The van der Waals surface area contributed by atoms with Gasteiger partial charge in [-0.1, -0.05) is 18.8 Å². The molecule has 1 unspecified atom stereocenters. The van der Waals surface area contributed by atoms with E-state index in [0.29, 0.717) is 30.5 Å². The third kappa shape index (κ3) is 3.19. The third-order valence-corrected chi connectivity index (χ3v) is 5.90. The second-order valence-corrected chi connectivity index (χ2v) is 8.50. The van der Waals surface area contributed by atoms with Crippen LogP contribution < -0.4 is 4.57 Å². The zero-order valence-corrected chi connectivity index (χ0v) is 19.2. The first kappa shape index (κ1) is 21.7. The molecule has 0 N–H and O–H groups in total. The molecule has 1 aromatic carbocycles. The summed E-state index contributed by atoms with van der Waals surface area (Å²) in [5.74, 6) is 0.521. The van der Waals surface area contributed by atoms with Crippen LogP contribution in [0.15, 0.2) is 29.3 Å². The lowest BCUT2D eigenvalue weighted by Gasteiger charge is -2.34. The van der Waals surface area contributed by atoms with Crippen LogP contribution in [-0.2, 0) is 9.53 Å². The number of carbonyl (C=O) groups is 3. The number of hydrogen-bond acceptors (Lipinski definition) is 5. The average molecular weight is 439 g/mol. The SMILES string of the molecule is CCOC(=O)c1ccc(-n2c(C)c(C)[n+]3c2N=C2C3C(=O)N(CC(C)C)C(=O)N2C)cc1. The Morgan fingerprint density at radius 1 is 1.19 bits per heavy atom. The van der Waals surface area contributed by atoms with E-state index < -0.39 is 6.04 Å². The van der Waals surface area contributed by atoms with E-state index in [1.165, 1.54) is 9.80 Å². The molecular formula is C23H28N5O4+. The molecule has 1 atom stereocenters. The summed E-state index contributed by atoms with van der Waals surface area (Å²) in [7, 11) is 1.65. The van der Waals surface area contributed by atoms with Crippen LogP contribution in [0, 0.1) is 19.8 Å². The summed E-state index contributed by atoms with van der Waals surface area (Å²) in [5.41, 5.74) is 3.08. The van der Waals surface area contributed by atoms with E-state index in [0.717, 1.165) is 17.1 Å². The van der Waals surface area contributed by atoms with E-state index in [9.17, 15) is 14.4 Å². The Labute approximate surface area is 186 Å². The fourth-order valence-electron chi connectivity index (χ4n) is 4.24. The number of urea groups is 1. The smallest absolute Gasteiger partial charge is 0.407 e. The molecule has 0 aliphatic carbocycles. The molecule has 1 fully saturated rings. The average Bonchev–Trinajstić information content (AvgIpc) is 3.25. The highest BCUT2D eigenvalue weighted by atomic mass is 16.5. The van der Waals surface area contributed by atoms with Gasteiger partial charge in [0.05, 0.1) is 12.2 Å². The number of nitrogens with zero attached hydrogens (tertiary/aromatic N) is 5. The van der Waals surface area contributed by atoms with Gasteiger partial charge in [0, 0.05) is 13.6 Å². The van der Waals surface area contributed by atoms with Crippen LogP contribution in [-0.4, -0.2) is 58.3 Å². The van der Waals surface area contributed by atoms with Gasteiger partial charge in [-0.05, 0) is 51.0 Å². The number of fused-ring (bicyclic) bond motifs is 3. The number of imide groups is 1. The van der Waals surface area contributed by atoms with Gasteiger partial charge in [0.15, 0.2) is 0 Å². The number of aromatic nitrogens is 2. The van der Waals surface area contributed by atoms with E-state index in [1.54, 1.807) is 26.1 Å². The van der Waals surface area contributed by atoms with Crippen molar-refractivity contribution in [3.05, 3.63) is 41.2 Å². The highest BCUT2D eigenvalue weighted by Gasteiger charge is 2.54. The van der Waals surface area contributed by atoms with Crippen molar-refractivity contribution in [1.29, 1.82) is 0 Å². The second-order valence-electron chi connectivity index (χ2n) is 8.50. The number of likely N-dealkylation sites (N-methyl/N-ethyl adjacent to an activating group) is 1. The molecule has 2 aromatic rings. The highest BCUT2D eigenvalue weighted by molar-refractivity contribution is 6.19. The van der Waals surface area contributed by atoms with E-state index in [1.807, 2.05) is 49.0 Å². The first-order valence-corrected chi connectivity index (χ1v) is 10.8. The minimum absolute atomic E-state index is 0.158. The molecule has 0 bridgehead atoms. The molecule has 1 saturated heterocycles. The summed E-state index contributed by atoms with van der Waals surface area (Å²) < 4.78 is 8.89. The molecule has 32 heavy (non-hydrogen) atoms. The van der Waals surface area contributed by atoms with Crippen molar-refractivity contribution in [3.63, 3.8) is 0 Å². The van der Waals surface area contributed by atoms with Gasteiger partial charge < -0.3 is 4.74 Å². The number of amides is 3. The number of aliphatic imine (C=N–C) groups is 1. The van der Waals surface area contributed by atoms with Gasteiger partial charge in [-0.25, -0.2) is 14.2 Å². The fourth-order valence-corrected chi connectivity index (χ4v) is 4.24. The molecule has 9 heteroatoms. The van der Waals surface area contributed by atoms with Gasteiger partial charge in [-0.3, -0.25) is 14.6 Å². The molecular weight excluding hydrogens is 410 g/mol. The van der Waals surface area contributed by atoms with E-state index in [-0.39, 0.29) is 23.8 Å². The van der Waals surface area contributed by atoms with Crippen LogP contribution in [0.1, 0.15) is 48.6 Å². The Hall–Kier alpha value is -3.49. The van der Waals surface area contributed by atoms with Crippen molar-refractivity contribution in [3.8, 4) is 5.69 Å². The van der Waals surface area contributed by atoms with Crippen LogP contribution in [0.3, 0.4) is 0 Å². The molecule has 3 amide bonds. The summed E-state index contributed by atoms with van der Waals surface area (Å²) in [5, 5.41) is 0. The predicted octanol–water partition coefficient (Wildman–Crippen LogP) is 2.69. The third-order valence-electron chi connectivity index (χ3n) is 5.90. The van der Waals surface area contributed by atoms with E-state index in [2.05, 4.69) is 0 Å². The van der Waals surface area contributed by atoms with Crippen molar-refractivity contribution in [2.24, 2.45) is 10.9 Å². The van der Waals surface area contributed by atoms with Gasteiger partial charge in [-0.15, -0.1) is 0 Å². The van der Waals surface area contributed by atoms with Crippen LogP contribution in [0.25, 0.3) is 5.69 Å². The lowest BCUT2D eigenvalue weighted by molar-refractivity contribution is -0.682. The first-order chi connectivity index (χ1) is 15.2. The minimum Gasteiger partial charge on any atom is -0.462 e. The summed E-state index contributed by atoms with van der Waals surface area (Å²) >= 11 is 0. The molecule has 9 nitrogen and oxygen atoms in total. The second kappa shape index (κ2) is 7.89. The van der Waals surface area contributed by atoms with Crippen LogP contribution >= 0.6 is 0 Å². The van der Waals surface area contributed by atoms with Crippen LogP contribution in [0.5, 0.6) is 0 Å². The maximum Gasteiger partial charge on any atom is 0.407 e. The van der Waals surface area contributed by atoms with Crippen LogP contribution in [0.2, 0.25) is 0 Å². The number of imidazole rings is 1. The maximum atomic E-state index is 13.4. The number of rotatable bonds is 5. The fraction of sp³-hybridized carbons (Fsp3) is 0.435. The predicted molar refractivity (Wildman–Crippen MR) is 117 cm³/mol. The molecule has 0 spiro atoms. The molecule has 0 saturated carbocycles. The Morgan fingerprint density at radius 3 is 2.44 bits per heavy atom. The quantitative estimate of drug-likeness (QED) is 0.530. The number of hydrogen-bond donors (Lipinski definition) is 0. The molecule has 2 aliphatic rings. The van der Waals surface area contributed by atoms with Gasteiger partial charge in [0.25, 0.3) is 5.91 Å². The van der Waals surface area contributed by atoms with Gasteiger partial charge in [-0.2, -0.15) is 4.57 Å². The molecule has 1 aromatic heterocycles. The summed E-state index contributed by atoms with van der Waals surface area (Å²) in [6, 6.07) is 6.03. The molecule has 3 heterocycles. The number of ether oxygens (including phenoxy) is 1. The summed E-state index contributed by atoms with van der Waals surface area (Å²) in [4.78, 5) is 45.7. The van der Waals surface area contributed by atoms with Crippen molar-refractivity contribution >= 4 is 29.7 Å². The minimum atomic E-state index is -0.676. The molecule has 2 aliphatic heterocycles. The Balaban J connectivity index is 1.79. The number of amidine groups is 1. The largest absolute Gasteiger partial charge is 0.462 e. The van der Waals surface area contributed by atoms with Crippen molar-refractivity contribution < 1.29 is 23.7 Å². The number of esters is 1. The summed E-state index contributed by atoms with van der Waals surface area (Å²) in [6.45, 7) is 10.3.